The molecule has 0 aliphatic carbocycles. The fourth-order valence-corrected chi connectivity index (χ4v) is 6.60. The summed E-state index contributed by atoms with van der Waals surface area (Å²) in [5.41, 5.74) is -5.23. The average Bonchev–Trinajstić information content (AvgIpc) is 3.34. The summed E-state index contributed by atoms with van der Waals surface area (Å²) in [6.45, 7) is 0. The Morgan fingerprint density at radius 3 is 1.08 bits per heavy atom. The summed E-state index contributed by atoms with van der Waals surface area (Å²) in [6, 6.07) is 35.0. The molecule has 25 heteroatoms. The molecule has 8 aromatic carbocycles. The molecule has 0 atom stereocenters. The Bertz CT molecular complexity index is 3280. The van der Waals surface area contributed by atoms with E-state index in [1.807, 2.05) is 0 Å². The van der Waals surface area contributed by atoms with Gasteiger partial charge in [0.15, 0.2) is 0 Å². The molecule has 71 heavy (non-hydrogen) atoms. The average molecular weight is 995 g/mol. The van der Waals surface area contributed by atoms with E-state index in [1.54, 1.807) is 97.1 Å². The van der Waals surface area contributed by atoms with E-state index in [4.69, 9.17) is 0 Å². The van der Waals surface area contributed by atoms with Crippen LogP contribution in [0.2, 0.25) is 0 Å². The number of carbonyl (C=O) groups excluding carboxylic acids is 2. The molecule has 2 amide bonds. The molecular weight excluding hydrogens is 969 g/mol. The Morgan fingerprint density at radius 2 is 0.746 bits per heavy atom. The summed E-state index contributed by atoms with van der Waals surface area (Å²) in [7, 11) is 0. The van der Waals surface area contributed by atoms with Crippen LogP contribution < -0.4 is 31.1 Å². The summed E-state index contributed by atoms with van der Waals surface area (Å²) in [4.78, 5) is 66.2. The summed E-state index contributed by atoms with van der Waals surface area (Å²) in [5.74, 6) is -5.46. The van der Waals surface area contributed by atoms with Crippen molar-refractivity contribution in [1.29, 1.82) is 0 Å². The first-order valence-electron chi connectivity index (χ1n) is 19.8. The first-order chi connectivity index (χ1) is 33.5. The molecule has 0 saturated carbocycles. The topological polar surface area (TPSA) is 372 Å². The number of benzene rings is 8. The number of azo groups is 2. The van der Waals surface area contributed by atoms with Crippen molar-refractivity contribution < 1.29 is 67.1 Å². The third-order valence-electron chi connectivity index (χ3n) is 9.90. The Balaban J connectivity index is 0.000000229. The zero-order valence-electron chi connectivity index (χ0n) is 35.6. The number of nitrogens with one attached hydrogen (secondary N) is 2. The smallest absolute Gasteiger partial charge is 0.870 e. The molecule has 0 spiro atoms. The van der Waals surface area contributed by atoms with Crippen LogP contribution in [0.3, 0.4) is 0 Å². The standard InChI is InChI=1S/2C23H15N5O7.Cr/c2*29-21-17(23(31)24-14-7-2-1-3-8-14)10-13-6-4-5-9-16(13)20(21)26-25-18-11-15(27(32)33)12-19(22(18)30)28(34)35;/h2*1-12,29-30H,(H,24,31);/q;;+3/p-4. The van der Waals surface area contributed by atoms with Crippen molar-refractivity contribution in [2.75, 3.05) is 10.6 Å². The molecule has 0 saturated heterocycles. The third-order valence-corrected chi connectivity index (χ3v) is 9.90. The summed E-state index contributed by atoms with van der Waals surface area (Å²) in [5, 5.41) is 117. The SMILES string of the molecule is O=C(Nc1ccccc1)c1cc2ccccc2c(N=Nc2cc([N+](=O)[O-])cc([N+](=O)[O-])c2[O-])c1[O-].O=C(Nc1ccccc1)c1cc2ccccc2c(N=Nc2cc([N+](=O)[O-])cc([N+](=O)[O-])c2[O-])c1[O-].[Cr+3]. The number of hydrogen-bond acceptors (Lipinski definition) is 18. The maximum absolute atomic E-state index is 13.2. The fourth-order valence-electron chi connectivity index (χ4n) is 6.60. The van der Waals surface area contributed by atoms with Gasteiger partial charge in [0, 0.05) is 56.9 Å². The van der Waals surface area contributed by atoms with Crippen molar-refractivity contribution in [3.63, 3.8) is 0 Å². The van der Waals surface area contributed by atoms with E-state index in [-0.39, 0.29) is 39.9 Å². The maximum atomic E-state index is 13.2. The fraction of sp³-hybridized carbons (Fsp3) is 0. The zero-order valence-corrected chi connectivity index (χ0v) is 36.8. The molecule has 1 radical (unpaired) electrons. The Morgan fingerprint density at radius 1 is 0.408 bits per heavy atom. The number of nitro benzene ring substituents is 4. The quantitative estimate of drug-likeness (QED) is 0.0655. The minimum Gasteiger partial charge on any atom is -0.870 e. The number of non-ortho nitro benzene ring substituents is 2. The summed E-state index contributed by atoms with van der Waals surface area (Å²) < 4.78 is 0. The van der Waals surface area contributed by atoms with Crippen LogP contribution in [-0.2, 0) is 17.4 Å². The predicted molar refractivity (Wildman–Crippen MR) is 242 cm³/mol. The van der Waals surface area contributed by atoms with Crippen LogP contribution in [0.4, 0.5) is 56.9 Å². The first-order valence-corrected chi connectivity index (χ1v) is 19.8. The number of hydrogen-bond donors (Lipinski definition) is 2. The van der Waals surface area contributed by atoms with E-state index in [2.05, 4.69) is 31.1 Å². The molecular formula is C46H26CrN10O14-. The number of anilines is 2. The number of fused-ring (bicyclic) bond motifs is 2. The van der Waals surface area contributed by atoms with Crippen LogP contribution in [0.15, 0.2) is 166 Å². The normalized spacial score (nSPS) is 10.8. The monoisotopic (exact) mass is 994 g/mol. The number of nitrogens with zero attached hydrogens (tertiary/aromatic N) is 8. The van der Waals surface area contributed by atoms with Crippen LogP contribution in [0.5, 0.6) is 23.0 Å². The van der Waals surface area contributed by atoms with E-state index >= 15 is 0 Å². The van der Waals surface area contributed by atoms with E-state index in [0.717, 1.165) is 12.1 Å². The van der Waals surface area contributed by atoms with Crippen LogP contribution in [0.1, 0.15) is 20.7 Å². The van der Waals surface area contributed by atoms with Gasteiger partial charge in [0.05, 0.1) is 54.6 Å². The molecule has 351 valence electrons. The van der Waals surface area contributed by atoms with Crippen LogP contribution in [0, 0.1) is 40.5 Å². The van der Waals surface area contributed by atoms with Crippen molar-refractivity contribution in [2.24, 2.45) is 20.5 Å². The predicted octanol–water partition coefficient (Wildman–Crippen LogP) is 8.94. The molecule has 0 aromatic heterocycles. The van der Waals surface area contributed by atoms with Crippen molar-refractivity contribution >= 4 is 90.2 Å². The van der Waals surface area contributed by atoms with E-state index < -0.39 is 88.6 Å². The van der Waals surface area contributed by atoms with Crippen molar-refractivity contribution in [2.45, 2.75) is 0 Å². The van der Waals surface area contributed by atoms with Gasteiger partial charge < -0.3 is 31.1 Å². The van der Waals surface area contributed by atoms with Crippen molar-refractivity contribution in [3.8, 4) is 23.0 Å². The number of rotatable bonds is 12. The number of carbonyl (C=O) groups is 2. The van der Waals surface area contributed by atoms with Gasteiger partial charge in [-0.1, -0.05) is 96.4 Å². The Hall–Kier alpha value is -10.2. The van der Waals surface area contributed by atoms with E-state index in [0.29, 0.717) is 45.1 Å². The minimum absolute atomic E-state index is 0. The second kappa shape index (κ2) is 21.6. The first kappa shape index (κ1) is 50.2. The molecule has 8 rings (SSSR count). The summed E-state index contributed by atoms with van der Waals surface area (Å²) in [6.07, 6.45) is 0. The molecule has 24 nitrogen and oxygen atoms in total. The maximum Gasteiger partial charge on any atom is 3.00 e. The Kier molecular flexibility index (Phi) is 15.3. The Labute approximate surface area is 407 Å². The van der Waals surface area contributed by atoms with Gasteiger partial charge in [-0.15, -0.1) is 0 Å². The van der Waals surface area contributed by atoms with Gasteiger partial charge >= 0.3 is 17.4 Å². The minimum atomic E-state index is -1.21. The molecule has 0 heterocycles. The molecule has 0 fully saturated rings. The van der Waals surface area contributed by atoms with Gasteiger partial charge in [0.2, 0.25) is 0 Å². The van der Waals surface area contributed by atoms with Crippen LogP contribution >= 0.6 is 0 Å². The van der Waals surface area contributed by atoms with E-state index in [9.17, 15) is 70.5 Å². The number of nitro groups is 4. The van der Waals surface area contributed by atoms with Crippen LogP contribution in [-0.4, -0.2) is 31.5 Å². The second-order valence-corrected chi connectivity index (χ2v) is 14.3. The molecule has 2 N–H and O–H groups in total. The third kappa shape index (κ3) is 11.1. The molecule has 0 aliphatic rings. The number of para-hydroxylation sites is 2. The molecule has 0 bridgehead atoms. The van der Waals surface area contributed by atoms with E-state index in [1.165, 1.54) is 24.3 Å². The molecule has 0 aliphatic heterocycles. The second-order valence-electron chi connectivity index (χ2n) is 14.3. The van der Waals surface area contributed by atoms with Crippen molar-refractivity contribution in [3.05, 3.63) is 197 Å². The zero-order chi connectivity index (χ0) is 50.2. The van der Waals surface area contributed by atoms with Gasteiger partial charge in [-0.2, -0.15) is 20.5 Å². The molecule has 8 aromatic rings. The van der Waals surface area contributed by atoms with Gasteiger partial charge in [-0.05, 0) is 47.2 Å². The van der Waals surface area contributed by atoms with Gasteiger partial charge in [0.25, 0.3) is 34.6 Å². The molecule has 0 unspecified atom stereocenters. The largest absolute Gasteiger partial charge is 3.00 e. The van der Waals surface area contributed by atoms with Gasteiger partial charge in [-0.25, -0.2) is 0 Å². The van der Waals surface area contributed by atoms with Gasteiger partial charge in [0.1, 0.15) is 0 Å². The summed E-state index contributed by atoms with van der Waals surface area (Å²) >= 11 is 0. The van der Waals surface area contributed by atoms with Crippen LogP contribution in [0.25, 0.3) is 21.5 Å². The van der Waals surface area contributed by atoms with Crippen molar-refractivity contribution in [1.82, 2.24) is 0 Å². The number of amides is 2. The van der Waals surface area contributed by atoms with Gasteiger partial charge in [-0.3, -0.25) is 50.0 Å².